The van der Waals surface area contributed by atoms with Crippen LogP contribution in [0, 0.1) is 6.92 Å². The van der Waals surface area contributed by atoms with Crippen LogP contribution >= 0.6 is 22.9 Å². The highest BCUT2D eigenvalue weighted by atomic mass is 35.5. The number of benzene rings is 2. The molecule has 1 saturated heterocycles. The Kier molecular flexibility index (Phi) is 5.16. The highest BCUT2D eigenvalue weighted by Gasteiger charge is 2.37. The minimum absolute atomic E-state index is 0.0857. The van der Waals surface area contributed by atoms with E-state index in [1.165, 1.54) is 28.4 Å². The summed E-state index contributed by atoms with van der Waals surface area (Å²) >= 11 is 7.61. The number of aromatic nitrogens is 1. The average Bonchev–Trinajstić information content (AvgIpc) is 3.28. The number of fused-ring (bicyclic) bond motifs is 1. The smallest absolute Gasteiger partial charge is 0.357 e. The third kappa shape index (κ3) is 4.04. The lowest BCUT2D eigenvalue weighted by Gasteiger charge is -2.20. The van der Waals surface area contributed by atoms with Crippen molar-refractivity contribution in [3.8, 4) is 0 Å². The normalized spacial score (nSPS) is 17.1. The molecule has 0 spiro atoms. The first-order valence-electron chi connectivity index (χ1n) is 9.01. The SMILES string of the molecule is Cc1ccc(C(F)(F)F)c(C(=O)N2CCC(Nc3nc4c(Cl)cccc4s3)C2)c1. The van der Waals surface area contributed by atoms with Crippen molar-refractivity contribution in [2.75, 3.05) is 18.4 Å². The molecule has 2 heterocycles. The van der Waals surface area contributed by atoms with Crippen molar-refractivity contribution in [2.45, 2.75) is 25.6 Å². The molecule has 0 aliphatic carbocycles. The summed E-state index contributed by atoms with van der Waals surface area (Å²) in [5, 5.41) is 4.53. The van der Waals surface area contributed by atoms with Gasteiger partial charge < -0.3 is 10.2 Å². The molecule has 29 heavy (non-hydrogen) atoms. The van der Waals surface area contributed by atoms with Crippen LogP contribution in [0.4, 0.5) is 18.3 Å². The summed E-state index contributed by atoms with van der Waals surface area (Å²) in [6.07, 6.45) is -3.95. The van der Waals surface area contributed by atoms with E-state index in [9.17, 15) is 18.0 Å². The highest BCUT2D eigenvalue weighted by molar-refractivity contribution is 7.22. The quantitative estimate of drug-likeness (QED) is 0.577. The zero-order valence-electron chi connectivity index (χ0n) is 15.4. The van der Waals surface area contributed by atoms with E-state index in [1.54, 1.807) is 13.0 Å². The van der Waals surface area contributed by atoms with E-state index in [4.69, 9.17) is 11.6 Å². The number of hydrogen-bond acceptors (Lipinski definition) is 4. The molecule has 1 fully saturated rings. The molecule has 9 heteroatoms. The fourth-order valence-corrected chi connectivity index (χ4v) is 4.71. The predicted molar refractivity (Wildman–Crippen MR) is 109 cm³/mol. The second kappa shape index (κ2) is 7.50. The fourth-order valence-electron chi connectivity index (χ4n) is 3.47. The molecule has 152 valence electrons. The monoisotopic (exact) mass is 439 g/mol. The van der Waals surface area contributed by atoms with Crippen LogP contribution in [0.5, 0.6) is 0 Å². The second-order valence-corrected chi connectivity index (χ2v) is 8.47. The van der Waals surface area contributed by atoms with Crippen LogP contribution in [0.15, 0.2) is 36.4 Å². The van der Waals surface area contributed by atoms with E-state index in [-0.39, 0.29) is 11.6 Å². The fraction of sp³-hybridized carbons (Fsp3) is 0.300. The van der Waals surface area contributed by atoms with Gasteiger partial charge in [0.25, 0.3) is 5.91 Å². The van der Waals surface area contributed by atoms with Gasteiger partial charge in [0, 0.05) is 19.1 Å². The molecule has 2 aromatic carbocycles. The zero-order valence-corrected chi connectivity index (χ0v) is 17.0. The number of carbonyl (C=O) groups is 1. The summed E-state index contributed by atoms with van der Waals surface area (Å²) in [7, 11) is 0. The van der Waals surface area contributed by atoms with Crippen LogP contribution in [0.25, 0.3) is 10.2 Å². The van der Waals surface area contributed by atoms with Gasteiger partial charge in [-0.1, -0.05) is 40.6 Å². The molecule has 4 rings (SSSR count). The number of halogens is 4. The van der Waals surface area contributed by atoms with E-state index in [0.29, 0.717) is 40.7 Å². The molecule has 3 aromatic rings. The van der Waals surface area contributed by atoms with E-state index in [1.807, 2.05) is 12.1 Å². The van der Waals surface area contributed by atoms with Crippen molar-refractivity contribution in [3.05, 3.63) is 58.1 Å². The summed E-state index contributed by atoms with van der Waals surface area (Å²) in [5.74, 6) is -0.599. The molecule has 1 unspecified atom stereocenters. The minimum Gasteiger partial charge on any atom is -0.357 e. The van der Waals surface area contributed by atoms with Crippen molar-refractivity contribution < 1.29 is 18.0 Å². The Labute approximate surface area is 174 Å². The van der Waals surface area contributed by atoms with Crippen molar-refractivity contribution in [1.82, 2.24) is 9.88 Å². The molecular weight excluding hydrogens is 423 g/mol. The minimum atomic E-state index is -4.57. The van der Waals surface area contributed by atoms with Gasteiger partial charge in [0.05, 0.1) is 20.8 Å². The van der Waals surface area contributed by atoms with Gasteiger partial charge in [0.15, 0.2) is 5.13 Å². The molecule has 1 aliphatic heterocycles. The van der Waals surface area contributed by atoms with Gasteiger partial charge in [-0.15, -0.1) is 0 Å². The first-order chi connectivity index (χ1) is 13.7. The van der Waals surface area contributed by atoms with Crippen LogP contribution in [-0.4, -0.2) is 34.9 Å². The molecule has 0 radical (unpaired) electrons. The Morgan fingerprint density at radius 1 is 1.31 bits per heavy atom. The van der Waals surface area contributed by atoms with Crippen molar-refractivity contribution in [3.63, 3.8) is 0 Å². The summed E-state index contributed by atoms with van der Waals surface area (Å²) < 4.78 is 40.9. The molecule has 1 aliphatic rings. The number of anilines is 1. The first-order valence-corrected chi connectivity index (χ1v) is 10.2. The number of thiazole rings is 1. The second-order valence-electron chi connectivity index (χ2n) is 7.03. The van der Waals surface area contributed by atoms with Crippen LogP contribution in [0.2, 0.25) is 5.02 Å². The molecule has 0 saturated carbocycles. The van der Waals surface area contributed by atoms with E-state index < -0.39 is 17.6 Å². The topological polar surface area (TPSA) is 45.2 Å². The van der Waals surface area contributed by atoms with Gasteiger partial charge in [-0.05, 0) is 37.6 Å². The standard InChI is InChI=1S/C20H17ClF3N3OS/c1-11-5-6-14(20(22,23)24)13(9-11)18(28)27-8-7-12(10-27)25-19-26-17-15(21)3-2-4-16(17)29-19/h2-6,9,12H,7-8,10H2,1H3,(H,25,26). The number of para-hydroxylation sites is 1. The maximum atomic E-state index is 13.3. The zero-order chi connectivity index (χ0) is 20.8. The Morgan fingerprint density at radius 2 is 2.10 bits per heavy atom. The molecule has 1 atom stereocenters. The van der Waals surface area contributed by atoms with Crippen LogP contribution in [-0.2, 0) is 6.18 Å². The summed E-state index contributed by atoms with van der Waals surface area (Å²) in [4.78, 5) is 18.8. The summed E-state index contributed by atoms with van der Waals surface area (Å²) in [5.41, 5.74) is 0.124. The lowest BCUT2D eigenvalue weighted by molar-refractivity contribution is -0.138. The molecule has 0 bridgehead atoms. The molecule has 1 N–H and O–H groups in total. The van der Waals surface area contributed by atoms with Gasteiger partial charge >= 0.3 is 6.18 Å². The number of alkyl halides is 3. The number of likely N-dealkylation sites (tertiary alicyclic amines) is 1. The summed E-state index contributed by atoms with van der Waals surface area (Å²) in [6, 6.07) is 9.10. The highest BCUT2D eigenvalue weighted by Crippen LogP contribution is 2.34. The Bertz CT molecular complexity index is 1080. The maximum Gasteiger partial charge on any atom is 0.417 e. The first kappa shape index (κ1) is 20.0. The van der Waals surface area contributed by atoms with Crippen LogP contribution in [0.1, 0.15) is 27.9 Å². The molecule has 4 nitrogen and oxygen atoms in total. The average molecular weight is 440 g/mol. The Morgan fingerprint density at radius 3 is 2.83 bits per heavy atom. The molecule has 1 amide bonds. The number of amides is 1. The van der Waals surface area contributed by atoms with Crippen molar-refractivity contribution in [1.29, 1.82) is 0 Å². The number of hydrogen-bond donors (Lipinski definition) is 1. The van der Waals surface area contributed by atoms with Gasteiger partial charge in [0.1, 0.15) is 5.52 Å². The van der Waals surface area contributed by atoms with Crippen LogP contribution in [0.3, 0.4) is 0 Å². The number of rotatable bonds is 3. The third-order valence-electron chi connectivity index (χ3n) is 4.88. The van der Waals surface area contributed by atoms with Gasteiger partial charge in [-0.3, -0.25) is 4.79 Å². The lowest BCUT2D eigenvalue weighted by Crippen LogP contribution is -2.33. The number of aryl methyl sites for hydroxylation is 1. The number of nitrogens with one attached hydrogen (secondary N) is 1. The van der Waals surface area contributed by atoms with E-state index >= 15 is 0 Å². The van der Waals surface area contributed by atoms with Crippen molar-refractivity contribution >= 4 is 44.2 Å². The molecule has 1 aromatic heterocycles. The third-order valence-corrected chi connectivity index (χ3v) is 6.14. The maximum absolute atomic E-state index is 13.3. The number of carbonyl (C=O) groups excluding carboxylic acids is 1. The Hall–Kier alpha value is -2.32. The van der Waals surface area contributed by atoms with E-state index in [2.05, 4.69) is 10.3 Å². The summed E-state index contributed by atoms with van der Waals surface area (Å²) in [6.45, 7) is 2.37. The van der Waals surface area contributed by atoms with Gasteiger partial charge in [-0.25, -0.2) is 4.98 Å². The Balaban J connectivity index is 1.50. The number of nitrogens with zero attached hydrogens (tertiary/aromatic N) is 2. The van der Waals surface area contributed by atoms with Crippen LogP contribution < -0.4 is 5.32 Å². The predicted octanol–water partition coefficient (Wildman–Crippen LogP) is 5.60. The van der Waals surface area contributed by atoms with E-state index in [0.717, 1.165) is 10.8 Å². The lowest BCUT2D eigenvalue weighted by atomic mass is 10.0. The van der Waals surface area contributed by atoms with Gasteiger partial charge in [-0.2, -0.15) is 13.2 Å². The van der Waals surface area contributed by atoms with Crippen molar-refractivity contribution in [2.24, 2.45) is 0 Å². The molecular formula is C20H17ClF3N3OS. The van der Waals surface area contributed by atoms with Gasteiger partial charge in [0.2, 0.25) is 0 Å². The largest absolute Gasteiger partial charge is 0.417 e.